The molecule has 114 valence electrons. The molecule has 0 amide bonds. The van der Waals surface area contributed by atoms with Gasteiger partial charge < -0.3 is 15.4 Å². The van der Waals surface area contributed by atoms with Gasteiger partial charge in [0.15, 0.2) is 5.96 Å². The maximum Gasteiger partial charge on any atom is 0.411 e. The third kappa shape index (κ3) is 10.6. The van der Waals surface area contributed by atoms with Crippen LogP contribution >= 0.6 is 0 Å². The SMILES string of the molecule is CN=C(NCCCOCC(F)(F)F)NC(C)C(C)C. The van der Waals surface area contributed by atoms with E-state index in [4.69, 9.17) is 0 Å². The predicted octanol–water partition coefficient (Wildman–Crippen LogP) is 2.16. The van der Waals surface area contributed by atoms with E-state index < -0.39 is 12.8 Å². The van der Waals surface area contributed by atoms with Crippen LogP contribution in [0.1, 0.15) is 27.2 Å². The molecule has 0 bridgehead atoms. The molecule has 1 atom stereocenters. The lowest BCUT2D eigenvalue weighted by atomic mass is 10.1. The number of aliphatic imine (C=N–C) groups is 1. The Balaban J connectivity index is 3.69. The van der Waals surface area contributed by atoms with Crippen LogP contribution < -0.4 is 10.6 Å². The van der Waals surface area contributed by atoms with Crippen molar-refractivity contribution in [1.29, 1.82) is 0 Å². The van der Waals surface area contributed by atoms with Crippen molar-refractivity contribution in [3.05, 3.63) is 0 Å². The Morgan fingerprint density at radius 1 is 1.26 bits per heavy atom. The molecule has 0 aromatic heterocycles. The van der Waals surface area contributed by atoms with Gasteiger partial charge in [-0.1, -0.05) is 13.8 Å². The second-order valence-corrected chi connectivity index (χ2v) is 4.70. The molecular formula is C12H24F3N3O. The molecule has 0 aromatic carbocycles. The third-order valence-corrected chi connectivity index (χ3v) is 2.61. The smallest absolute Gasteiger partial charge is 0.372 e. The molecule has 0 radical (unpaired) electrons. The fourth-order valence-corrected chi connectivity index (χ4v) is 1.15. The van der Waals surface area contributed by atoms with Crippen LogP contribution in [0.4, 0.5) is 13.2 Å². The van der Waals surface area contributed by atoms with Crippen LogP contribution in [0.5, 0.6) is 0 Å². The minimum Gasteiger partial charge on any atom is -0.372 e. The Hall–Kier alpha value is -0.980. The summed E-state index contributed by atoms with van der Waals surface area (Å²) < 4.78 is 39.9. The molecule has 0 aromatic rings. The van der Waals surface area contributed by atoms with Crippen LogP contribution in [-0.4, -0.2) is 45.0 Å². The van der Waals surface area contributed by atoms with Gasteiger partial charge in [0.1, 0.15) is 6.61 Å². The number of ether oxygens (including phenoxy) is 1. The second kappa shape index (κ2) is 9.01. The molecule has 2 N–H and O–H groups in total. The third-order valence-electron chi connectivity index (χ3n) is 2.61. The highest BCUT2D eigenvalue weighted by atomic mass is 19.4. The van der Waals surface area contributed by atoms with E-state index in [1.807, 2.05) is 6.92 Å². The van der Waals surface area contributed by atoms with Gasteiger partial charge in [-0.05, 0) is 19.3 Å². The van der Waals surface area contributed by atoms with Gasteiger partial charge in [0.05, 0.1) is 0 Å². The number of halogens is 3. The van der Waals surface area contributed by atoms with Gasteiger partial charge in [0, 0.05) is 26.2 Å². The minimum atomic E-state index is -4.25. The van der Waals surface area contributed by atoms with Crippen molar-refractivity contribution in [2.45, 2.75) is 39.4 Å². The molecule has 0 aliphatic carbocycles. The van der Waals surface area contributed by atoms with Crippen LogP contribution in [0.3, 0.4) is 0 Å². The highest BCUT2D eigenvalue weighted by Crippen LogP contribution is 2.14. The van der Waals surface area contributed by atoms with Gasteiger partial charge in [-0.2, -0.15) is 13.2 Å². The topological polar surface area (TPSA) is 45.7 Å². The first-order valence-corrected chi connectivity index (χ1v) is 6.38. The van der Waals surface area contributed by atoms with Crippen LogP contribution in [-0.2, 0) is 4.74 Å². The molecule has 0 saturated heterocycles. The zero-order valence-electron chi connectivity index (χ0n) is 12.0. The monoisotopic (exact) mass is 283 g/mol. The van der Waals surface area contributed by atoms with E-state index >= 15 is 0 Å². The molecule has 0 heterocycles. The summed E-state index contributed by atoms with van der Waals surface area (Å²) >= 11 is 0. The summed E-state index contributed by atoms with van der Waals surface area (Å²) in [5.74, 6) is 1.12. The summed E-state index contributed by atoms with van der Waals surface area (Å²) in [7, 11) is 1.66. The van der Waals surface area contributed by atoms with Crippen LogP contribution in [0.25, 0.3) is 0 Å². The molecule has 0 spiro atoms. The van der Waals surface area contributed by atoms with Crippen molar-refractivity contribution in [1.82, 2.24) is 10.6 Å². The van der Waals surface area contributed by atoms with E-state index in [2.05, 4.69) is 34.2 Å². The number of alkyl halides is 3. The summed E-state index contributed by atoms with van der Waals surface area (Å²) in [5.41, 5.74) is 0. The molecule has 1 unspecified atom stereocenters. The van der Waals surface area contributed by atoms with E-state index in [1.54, 1.807) is 7.05 Å². The first-order chi connectivity index (χ1) is 8.76. The lowest BCUT2D eigenvalue weighted by Gasteiger charge is -2.20. The number of guanidine groups is 1. The van der Waals surface area contributed by atoms with Gasteiger partial charge in [-0.3, -0.25) is 4.99 Å². The van der Waals surface area contributed by atoms with E-state index in [1.165, 1.54) is 0 Å². The molecule has 19 heavy (non-hydrogen) atoms. The quantitative estimate of drug-likeness (QED) is 0.427. The highest BCUT2D eigenvalue weighted by Gasteiger charge is 2.27. The fourth-order valence-electron chi connectivity index (χ4n) is 1.15. The largest absolute Gasteiger partial charge is 0.411 e. The standard InChI is InChI=1S/C12H24F3N3O/c1-9(2)10(3)18-11(16-4)17-6-5-7-19-8-12(13,14)15/h9-10H,5-8H2,1-4H3,(H2,16,17,18). The molecule has 0 fully saturated rings. The highest BCUT2D eigenvalue weighted by molar-refractivity contribution is 5.79. The van der Waals surface area contributed by atoms with Gasteiger partial charge >= 0.3 is 6.18 Å². The summed E-state index contributed by atoms with van der Waals surface area (Å²) in [5, 5.41) is 6.23. The number of nitrogens with zero attached hydrogens (tertiary/aromatic N) is 1. The predicted molar refractivity (Wildman–Crippen MR) is 70.3 cm³/mol. The molecule has 0 rings (SSSR count). The lowest BCUT2D eigenvalue weighted by molar-refractivity contribution is -0.173. The van der Waals surface area contributed by atoms with Crippen molar-refractivity contribution in [2.75, 3.05) is 26.8 Å². The van der Waals surface area contributed by atoms with Crippen molar-refractivity contribution in [3.63, 3.8) is 0 Å². The van der Waals surface area contributed by atoms with Crippen molar-refractivity contribution in [3.8, 4) is 0 Å². The maximum atomic E-state index is 11.8. The molecule has 7 heteroatoms. The molecule has 0 aliphatic rings. The Kier molecular flexibility index (Phi) is 8.54. The zero-order chi connectivity index (χ0) is 14.9. The van der Waals surface area contributed by atoms with Crippen LogP contribution in [0.15, 0.2) is 4.99 Å². The maximum absolute atomic E-state index is 11.8. The van der Waals surface area contributed by atoms with Crippen molar-refractivity contribution < 1.29 is 17.9 Å². The number of hydrogen-bond donors (Lipinski definition) is 2. The molecular weight excluding hydrogens is 259 g/mol. The molecule has 0 aliphatic heterocycles. The minimum absolute atomic E-state index is 0.0727. The van der Waals surface area contributed by atoms with Gasteiger partial charge in [0.2, 0.25) is 0 Å². The summed E-state index contributed by atoms with van der Waals surface area (Å²) in [6.07, 6.45) is -3.76. The molecule has 0 saturated carbocycles. The number of hydrogen-bond acceptors (Lipinski definition) is 2. The summed E-state index contributed by atoms with van der Waals surface area (Å²) in [4.78, 5) is 4.04. The normalized spacial score (nSPS) is 14.6. The van der Waals surface area contributed by atoms with Gasteiger partial charge in [-0.15, -0.1) is 0 Å². The van der Waals surface area contributed by atoms with Crippen molar-refractivity contribution in [2.24, 2.45) is 10.9 Å². The number of nitrogens with one attached hydrogen (secondary N) is 2. The molecule has 4 nitrogen and oxygen atoms in total. The van der Waals surface area contributed by atoms with E-state index in [0.717, 1.165) is 0 Å². The second-order valence-electron chi connectivity index (χ2n) is 4.70. The fraction of sp³-hybridized carbons (Fsp3) is 0.917. The Morgan fingerprint density at radius 3 is 2.37 bits per heavy atom. The zero-order valence-corrected chi connectivity index (χ0v) is 12.0. The summed E-state index contributed by atoms with van der Waals surface area (Å²) in [6, 6.07) is 0.271. The van der Waals surface area contributed by atoms with E-state index in [0.29, 0.717) is 24.8 Å². The van der Waals surface area contributed by atoms with Crippen molar-refractivity contribution >= 4 is 5.96 Å². The average molecular weight is 283 g/mol. The van der Waals surface area contributed by atoms with Gasteiger partial charge in [-0.25, -0.2) is 0 Å². The first-order valence-electron chi connectivity index (χ1n) is 6.38. The summed E-state index contributed by atoms with van der Waals surface area (Å²) in [6.45, 7) is 5.63. The Labute approximate surface area is 112 Å². The van der Waals surface area contributed by atoms with Gasteiger partial charge in [0.25, 0.3) is 0 Å². The first kappa shape index (κ1) is 18.0. The average Bonchev–Trinajstić information content (AvgIpc) is 2.30. The van der Waals surface area contributed by atoms with Crippen LogP contribution in [0.2, 0.25) is 0 Å². The van der Waals surface area contributed by atoms with Crippen LogP contribution in [0, 0.1) is 5.92 Å². The lowest BCUT2D eigenvalue weighted by Crippen LogP contribution is -2.44. The Bertz CT molecular complexity index is 267. The Morgan fingerprint density at radius 2 is 1.89 bits per heavy atom. The van der Waals surface area contributed by atoms with E-state index in [-0.39, 0.29) is 12.6 Å². The van der Waals surface area contributed by atoms with E-state index in [9.17, 15) is 13.2 Å². The number of rotatable bonds is 7.